The lowest BCUT2D eigenvalue weighted by Crippen LogP contribution is -2.34. The maximum absolute atomic E-state index is 11.7. The third-order valence-corrected chi connectivity index (χ3v) is 3.49. The first-order valence-corrected chi connectivity index (χ1v) is 8.10. The molecule has 2 N–H and O–H groups in total. The molecule has 0 bridgehead atoms. The van der Waals surface area contributed by atoms with Gasteiger partial charge in [0.05, 0.1) is 0 Å². The number of anilines is 1. The van der Waals surface area contributed by atoms with E-state index in [4.69, 9.17) is 0 Å². The van der Waals surface area contributed by atoms with E-state index in [2.05, 4.69) is 39.3 Å². The maximum atomic E-state index is 11.7. The minimum absolute atomic E-state index is 0.107. The summed E-state index contributed by atoms with van der Waals surface area (Å²) in [4.78, 5) is 22.6. The monoisotopic (exact) mass is 307 g/mol. The molecule has 0 spiro atoms. The van der Waals surface area contributed by atoms with Crippen molar-refractivity contribution in [3.05, 3.63) is 17.5 Å². The molecule has 1 aromatic rings. The molecule has 0 radical (unpaired) electrons. The number of carbonyl (C=O) groups excluding carboxylic acids is 1. The van der Waals surface area contributed by atoms with Crippen LogP contribution >= 0.6 is 0 Å². The number of aromatic nitrogens is 2. The first-order chi connectivity index (χ1) is 10.5. The number of nitrogens with one attached hydrogen (secondary N) is 2. The van der Waals surface area contributed by atoms with Gasteiger partial charge in [-0.3, -0.25) is 4.79 Å². The average Bonchev–Trinajstić information content (AvgIpc) is 2.47. The molecule has 124 valence electrons. The second-order valence-corrected chi connectivity index (χ2v) is 5.38. The summed E-state index contributed by atoms with van der Waals surface area (Å²) in [7, 11) is 0. The predicted octanol–water partition coefficient (Wildman–Crippen LogP) is 1.74. The second-order valence-electron chi connectivity index (χ2n) is 5.38. The topological polar surface area (TPSA) is 70.2 Å². The van der Waals surface area contributed by atoms with Crippen LogP contribution in [-0.2, 0) is 4.79 Å². The minimum Gasteiger partial charge on any atom is -0.355 e. The van der Waals surface area contributed by atoms with Gasteiger partial charge < -0.3 is 15.5 Å². The van der Waals surface area contributed by atoms with E-state index in [1.807, 2.05) is 19.9 Å². The summed E-state index contributed by atoms with van der Waals surface area (Å²) in [6.07, 6.45) is 1.30. The van der Waals surface area contributed by atoms with E-state index in [9.17, 15) is 4.79 Å². The third-order valence-electron chi connectivity index (χ3n) is 3.49. The molecule has 0 unspecified atom stereocenters. The molecule has 1 aromatic heterocycles. The number of carbonyl (C=O) groups is 1. The fourth-order valence-electron chi connectivity index (χ4n) is 2.24. The zero-order valence-corrected chi connectivity index (χ0v) is 14.3. The van der Waals surface area contributed by atoms with Crippen molar-refractivity contribution in [3.8, 4) is 0 Å². The van der Waals surface area contributed by atoms with Crippen LogP contribution in [0.3, 0.4) is 0 Å². The van der Waals surface area contributed by atoms with Gasteiger partial charge in [0.25, 0.3) is 0 Å². The molecule has 0 saturated carbocycles. The first kappa shape index (κ1) is 18.4. The lowest BCUT2D eigenvalue weighted by atomic mass is 10.3. The quantitative estimate of drug-likeness (QED) is 0.644. The van der Waals surface area contributed by atoms with Crippen LogP contribution in [-0.4, -0.2) is 53.5 Å². The standard InChI is InChI=1S/C16H29N5O/c1-5-21(6-2)11-10-17-15(22)8-7-9-18-16-19-13(3)12-14(4)20-16/h12H,5-11H2,1-4H3,(H,17,22)(H,18,19,20). The zero-order valence-electron chi connectivity index (χ0n) is 14.3. The van der Waals surface area contributed by atoms with E-state index in [0.29, 0.717) is 25.5 Å². The first-order valence-electron chi connectivity index (χ1n) is 8.10. The van der Waals surface area contributed by atoms with Crippen LogP contribution in [0.15, 0.2) is 6.07 Å². The van der Waals surface area contributed by atoms with Gasteiger partial charge in [0.1, 0.15) is 0 Å². The number of hydrogen-bond acceptors (Lipinski definition) is 5. The Balaban J connectivity index is 2.14. The lowest BCUT2D eigenvalue weighted by Gasteiger charge is -2.17. The highest BCUT2D eigenvalue weighted by atomic mass is 16.1. The Morgan fingerprint density at radius 2 is 1.77 bits per heavy atom. The van der Waals surface area contributed by atoms with Gasteiger partial charge in [-0.15, -0.1) is 0 Å². The normalized spacial score (nSPS) is 10.8. The molecule has 1 rings (SSSR count). The Bertz CT molecular complexity index is 440. The molecule has 0 fully saturated rings. The van der Waals surface area contributed by atoms with Gasteiger partial charge in [-0.05, 0) is 39.4 Å². The fraction of sp³-hybridized carbons (Fsp3) is 0.688. The van der Waals surface area contributed by atoms with Gasteiger partial charge in [0, 0.05) is 37.4 Å². The van der Waals surface area contributed by atoms with E-state index in [1.54, 1.807) is 0 Å². The van der Waals surface area contributed by atoms with Gasteiger partial charge in [0.15, 0.2) is 0 Å². The minimum atomic E-state index is 0.107. The van der Waals surface area contributed by atoms with Crippen LogP contribution < -0.4 is 10.6 Å². The van der Waals surface area contributed by atoms with Crippen molar-refractivity contribution in [3.63, 3.8) is 0 Å². The number of hydrogen-bond donors (Lipinski definition) is 2. The molecule has 1 amide bonds. The van der Waals surface area contributed by atoms with E-state index >= 15 is 0 Å². The Morgan fingerprint density at radius 3 is 2.36 bits per heavy atom. The number of aryl methyl sites for hydroxylation is 2. The number of nitrogens with zero attached hydrogens (tertiary/aromatic N) is 3. The third kappa shape index (κ3) is 7.36. The summed E-state index contributed by atoms with van der Waals surface area (Å²) in [6, 6.07) is 1.94. The van der Waals surface area contributed by atoms with E-state index in [-0.39, 0.29) is 5.91 Å². The van der Waals surface area contributed by atoms with Gasteiger partial charge in [-0.25, -0.2) is 9.97 Å². The van der Waals surface area contributed by atoms with Crippen LogP contribution in [0, 0.1) is 13.8 Å². The predicted molar refractivity (Wildman–Crippen MR) is 90.0 cm³/mol. The van der Waals surface area contributed by atoms with Crippen LogP contribution in [0.4, 0.5) is 5.95 Å². The second kappa shape index (κ2) is 10.1. The lowest BCUT2D eigenvalue weighted by molar-refractivity contribution is -0.121. The zero-order chi connectivity index (χ0) is 16.4. The highest BCUT2D eigenvalue weighted by Crippen LogP contribution is 2.03. The van der Waals surface area contributed by atoms with E-state index < -0.39 is 0 Å². The van der Waals surface area contributed by atoms with Crippen molar-refractivity contribution < 1.29 is 4.79 Å². The molecule has 1 heterocycles. The van der Waals surface area contributed by atoms with E-state index in [1.165, 1.54) is 0 Å². The van der Waals surface area contributed by atoms with E-state index in [0.717, 1.165) is 37.4 Å². The Morgan fingerprint density at radius 1 is 1.14 bits per heavy atom. The van der Waals surface area contributed by atoms with Crippen molar-refractivity contribution in [2.45, 2.75) is 40.5 Å². The fourth-order valence-corrected chi connectivity index (χ4v) is 2.24. The molecule has 6 heteroatoms. The number of likely N-dealkylation sites (N-methyl/N-ethyl adjacent to an activating group) is 1. The van der Waals surface area contributed by atoms with Crippen LogP contribution in [0.25, 0.3) is 0 Å². The van der Waals surface area contributed by atoms with Gasteiger partial charge in [-0.1, -0.05) is 13.8 Å². The molecule has 0 atom stereocenters. The molecular weight excluding hydrogens is 278 g/mol. The highest BCUT2D eigenvalue weighted by Gasteiger charge is 2.03. The summed E-state index contributed by atoms with van der Waals surface area (Å²) < 4.78 is 0. The van der Waals surface area contributed by atoms with Crippen LogP contribution in [0.1, 0.15) is 38.1 Å². The highest BCUT2D eigenvalue weighted by molar-refractivity contribution is 5.75. The van der Waals surface area contributed by atoms with Gasteiger partial charge >= 0.3 is 0 Å². The molecule has 0 aliphatic heterocycles. The van der Waals surface area contributed by atoms with Crippen molar-refractivity contribution >= 4 is 11.9 Å². The molecule has 0 aromatic carbocycles. The average molecular weight is 307 g/mol. The summed E-state index contributed by atoms with van der Waals surface area (Å²) in [5.41, 5.74) is 1.90. The molecule has 0 aliphatic rings. The molecule has 6 nitrogen and oxygen atoms in total. The smallest absolute Gasteiger partial charge is 0.223 e. The summed E-state index contributed by atoms with van der Waals surface area (Å²) in [6.45, 7) is 12.5. The largest absolute Gasteiger partial charge is 0.355 e. The van der Waals surface area contributed by atoms with Crippen molar-refractivity contribution in [2.24, 2.45) is 0 Å². The molecule has 0 saturated heterocycles. The van der Waals surface area contributed by atoms with Crippen molar-refractivity contribution in [1.29, 1.82) is 0 Å². The molecule has 0 aliphatic carbocycles. The summed E-state index contributed by atoms with van der Waals surface area (Å²) in [5, 5.41) is 6.12. The van der Waals surface area contributed by atoms with Crippen LogP contribution in [0.5, 0.6) is 0 Å². The number of rotatable bonds is 10. The number of amides is 1. The summed E-state index contributed by atoms with van der Waals surface area (Å²) in [5.74, 6) is 0.745. The Labute approximate surface area is 133 Å². The van der Waals surface area contributed by atoms with Crippen molar-refractivity contribution in [1.82, 2.24) is 20.2 Å². The van der Waals surface area contributed by atoms with Gasteiger partial charge in [0.2, 0.25) is 11.9 Å². The maximum Gasteiger partial charge on any atom is 0.223 e. The Hall–Kier alpha value is -1.69. The van der Waals surface area contributed by atoms with Crippen molar-refractivity contribution in [2.75, 3.05) is 38.0 Å². The SMILES string of the molecule is CCN(CC)CCNC(=O)CCCNc1nc(C)cc(C)n1. The molecule has 22 heavy (non-hydrogen) atoms. The van der Waals surface area contributed by atoms with Gasteiger partial charge in [-0.2, -0.15) is 0 Å². The Kier molecular flexibility index (Phi) is 8.43. The summed E-state index contributed by atoms with van der Waals surface area (Å²) >= 11 is 0. The molecular formula is C16H29N5O. The van der Waals surface area contributed by atoms with Crippen LogP contribution in [0.2, 0.25) is 0 Å².